The first-order valence-electron chi connectivity index (χ1n) is 5.63. The molecule has 3 nitrogen and oxygen atoms in total. The second-order valence-corrected chi connectivity index (χ2v) is 3.98. The van der Waals surface area contributed by atoms with Crippen molar-refractivity contribution in [3.05, 3.63) is 47.7 Å². The Morgan fingerprint density at radius 2 is 2.00 bits per heavy atom. The highest BCUT2D eigenvalue weighted by atomic mass is 19.4. The highest BCUT2D eigenvalue weighted by Gasteiger charge is 2.30. The zero-order valence-corrected chi connectivity index (χ0v) is 10.4. The molecule has 0 aliphatic heterocycles. The summed E-state index contributed by atoms with van der Waals surface area (Å²) in [7, 11) is 1.34. The number of nitrogens with zero attached hydrogens (tertiary/aromatic N) is 1. The number of alkyl halides is 3. The predicted octanol–water partition coefficient (Wildman–Crippen LogP) is 3.59. The lowest BCUT2D eigenvalue weighted by atomic mass is 10.00. The van der Waals surface area contributed by atoms with Gasteiger partial charge in [-0.2, -0.15) is 13.2 Å². The van der Waals surface area contributed by atoms with Crippen LogP contribution in [-0.2, 0) is 6.18 Å². The number of methoxy groups -OCH3 is 1. The van der Waals surface area contributed by atoms with Gasteiger partial charge in [-0.3, -0.25) is 4.79 Å². The first-order chi connectivity index (χ1) is 9.47. The lowest BCUT2D eigenvalue weighted by Gasteiger charge is -2.12. The van der Waals surface area contributed by atoms with E-state index in [-0.39, 0.29) is 22.6 Å². The van der Waals surface area contributed by atoms with Gasteiger partial charge >= 0.3 is 6.18 Å². The van der Waals surface area contributed by atoms with Gasteiger partial charge in [-0.25, -0.2) is 4.98 Å². The molecule has 0 saturated carbocycles. The Labute approximate surface area is 113 Å². The van der Waals surface area contributed by atoms with E-state index in [9.17, 15) is 18.0 Å². The fourth-order valence-electron chi connectivity index (χ4n) is 1.85. The maximum Gasteiger partial charge on any atom is 0.416 e. The normalized spacial score (nSPS) is 11.2. The van der Waals surface area contributed by atoms with E-state index < -0.39 is 11.7 Å². The Bertz CT molecular complexity index is 639. The number of hydrogen-bond donors (Lipinski definition) is 0. The van der Waals surface area contributed by atoms with Gasteiger partial charge in [0.1, 0.15) is 0 Å². The zero-order valence-electron chi connectivity index (χ0n) is 10.4. The Morgan fingerprint density at radius 3 is 2.60 bits per heavy atom. The van der Waals surface area contributed by atoms with Crippen LogP contribution in [0.1, 0.15) is 15.9 Å². The molecule has 0 spiro atoms. The van der Waals surface area contributed by atoms with Gasteiger partial charge in [-0.15, -0.1) is 0 Å². The smallest absolute Gasteiger partial charge is 0.416 e. The van der Waals surface area contributed by atoms with E-state index in [0.29, 0.717) is 6.29 Å². The standard InChI is InChI=1S/C14H10F3NO2/c1-20-13-12(10(8-19)5-6-18-13)9-3-2-4-11(7-9)14(15,16)17/h2-8H,1H3. The van der Waals surface area contributed by atoms with Crippen LogP contribution in [0.4, 0.5) is 13.2 Å². The molecule has 0 fully saturated rings. The minimum atomic E-state index is -4.45. The van der Waals surface area contributed by atoms with Gasteiger partial charge in [0.05, 0.1) is 18.2 Å². The number of carbonyl (C=O) groups excluding carboxylic acids is 1. The van der Waals surface area contributed by atoms with Crippen molar-refractivity contribution >= 4 is 6.29 Å². The second-order valence-electron chi connectivity index (χ2n) is 3.98. The van der Waals surface area contributed by atoms with E-state index in [0.717, 1.165) is 12.1 Å². The topological polar surface area (TPSA) is 39.2 Å². The minimum absolute atomic E-state index is 0.105. The summed E-state index contributed by atoms with van der Waals surface area (Å²) in [6.07, 6.45) is -2.54. The summed E-state index contributed by atoms with van der Waals surface area (Å²) in [4.78, 5) is 15.0. The number of aromatic nitrogens is 1. The summed E-state index contributed by atoms with van der Waals surface area (Å²) in [6.45, 7) is 0. The van der Waals surface area contributed by atoms with Crippen LogP contribution in [0.3, 0.4) is 0 Å². The molecule has 0 bridgehead atoms. The molecule has 2 aromatic rings. The number of hydrogen-bond acceptors (Lipinski definition) is 3. The van der Waals surface area contributed by atoms with Crippen LogP contribution in [0.15, 0.2) is 36.5 Å². The third-order valence-electron chi connectivity index (χ3n) is 2.75. The highest BCUT2D eigenvalue weighted by Crippen LogP contribution is 2.35. The number of pyridine rings is 1. The molecule has 0 N–H and O–H groups in total. The van der Waals surface area contributed by atoms with Crippen molar-refractivity contribution in [2.24, 2.45) is 0 Å². The second kappa shape index (κ2) is 5.32. The summed E-state index contributed by atoms with van der Waals surface area (Å²) in [5.41, 5.74) is -0.100. The van der Waals surface area contributed by atoms with Crippen LogP contribution >= 0.6 is 0 Å². The number of rotatable bonds is 3. The Morgan fingerprint density at radius 1 is 1.25 bits per heavy atom. The van der Waals surface area contributed by atoms with Gasteiger partial charge in [0.25, 0.3) is 0 Å². The van der Waals surface area contributed by atoms with Gasteiger partial charge in [0, 0.05) is 11.8 Å². The summed E-state index contributed by atoms with van der Waals surface area (Å²) in [6, 6.07) is 6.10. The lowest BCUT2D eigenvalue weighted by Crippen LogP contribution is -2.05. The number of benzene rings is 1. The average Bonchev–Trinajstić information content (AvgIpc) is 2.45. The molecule has 0 unspecified atom stereocenters. The number of halogens is 3. The molecule has 6 heteroatoms. The summed E-state index contributed by atoms with van der Waals surface area (Å²) >= 11 is 0. The van der Waals surface area contributed by atoms with Crippen LogP contribution in [-0.4, -0.2) is 18.4 Å². The molecule has 1 heterocycles. The molecule has 0 aliphatic carbocycles. The zero-order chi connectivity index (χ0) is 14.8. The quantitative estimate of drug-likeness (QED) is 0.807. The highest BCUT2D eigenvalue weighted by molar-refractivity contribution is 5.89. The first kappa shape index (κ1) is 14.0. The molecule has 1 aromatic heterocycles. The average molecular weight is 281 g/mol. The van der Waals surface area contributed by atoms with Gasteiger partial charge in [0.2, 0.25) is 5.88 Å². The lowest BCUT2D eigenvalue weighted by molar-refractivity contribution is -0.137. The van der Waals surface area contributed by atoms with Gasteiger partial charge in [0.15, 0.2) is 6.29 Å². The Kier molecular flexibility index (Phi) is 3.74. The molecule has 1 aromatic carbocycles. The third-order valence-corrected chi connectivity index (χ3v) is 2.75. The third kappa shape index (κ3) is 2.64. The number of carbonyl (C=O) groups is 1. The van der Waals surface area contributed by atoms with E-state index >= 15 is 0 Å². The van der Waals surface area contributed by atoms with Crippen molar-refractivity contribution in [3.63, 3.8) is 0 Å². The molecule has 104 valence electrons. The largest absolute Gasteiger partial charge is 0.481 e. The van der Waals surface area contributed by atoms with E-state index in [1.807, 2.05) is 0 Å². The Balaban J connectivity index is 2.65. The molecule has 0 atom stereocenters. The number of aldehydes is 1. The van der Waals surface area contributed by atoms with Crippen molar-refractivity contribution in [2.75, 3.05) is 7.11 Å². The molecule has 0 saturated heterocycles. The molecular weight excluding hydrogens is 271 g/mol. The van der Waals surface area contributed by atoms with Gasteiger partial charge in [-0.1, -0.05) is 12.1 Å². The molecule has 0 aliphatic rings. The van der Waals surface area contributed by atoms with Crippen LogP contribution in [0.25, 0.3) is 11.1 Å². The van der Waals surface area contributed by atoms with Crippen LogP contribution in [0.5, 0.6) is 5.88 Å². The van der Waals surface area contributed by atoms with E-state index in [2.05, 4.69) is 4.98 Å². The van der Waals surface area contributed by atoms with Crippen molar-refractivity contribution in [2.45, 2.75) is 6.18 Å². The predicted molar refractivity (Wildman–Crippen MR) is 66.6 cm³/mol. The molecule has 2 rings (SSSR count). The minimum Gasteiger partial charge on any atom is -0.481 e. The summed E-state index contributed by atoms with van der Waals surface area (Å²) < 4.78 is 43.2. The molecule has 0 radical (unpaired) electrons. The fourth-order valence-corrected chi connectivity index (χ4v) is 1.85. The molecule has 0 amide bonds. The van der Waals surface area contributed by atoms with Gasteiger partial charge < -0.3 is 4.74 Å². The maximum atomic E-state index is 12.7. The van der Waals surface area contributed by atoms with Crippen LogP contribution in [0, 0.1) is 0 Å². The van der Waals surface area contributed by atoms with Gasteiger partial charge in [-0.05, 0) is 23.8 Å². The monoisotopic (exact) mass is 281 g/mol. The van der Waals surface area contributed by atoms with Crippen molar-refractivity contribution < 1.29 is 22.7 Å². The van der Waals surface area contributed by atoms with Crippen LogP contribution in [0.2, 0.25) is 0 Å². The summed E-state index contributed by atoms with van der Waals surface area (Å²) in [5, 5.41) is 0. The fraction of sp³-hybridized carbons (Fsp3) is 0.143. The van der Waals surface area contributed by atoms with Crippen molar-refractivity contribution in [3.8, 4) is 17.0 Å². The van der Waals surface area contributed by atoms with Crippen LogP contribution < -0.4 is 4.74 Å². The number of ether oxygens (including phenoxy) is 1. The maximum absolute atomic E-state index is 12.7. The first-order valence-corrected chi connectivity index (χ1v) is 5.63. The SMILES string of the molecule is COc1nccc(C=O)c1-c1cccc(C(F)(F)F)c1. The van der Waals surface area contributed by atoms with E-state index in [4.69, 9.17) is 4.74 Å². The molecule has 20 heavy (non-hydrogen) atoms. The van der Waals surface area contributed by atoms with Crippen molar-refractivity contribution in [1.29, 1.82) is 0 Å². The van der Waals surface area contributed by atoms with E-state index in [1.54, 1.807) is 0 Å². The van der Waals surface area contributed by atoms with Crippen molar-refractivity contribution in [1.82, 2.24) is 4.98 Å². The Hall–Kier alpha value is -2.37. The summed E-state index contributed by atoms with van der Waals surface area (Å²) in [5.74, 6) is 0.105. The molecular formula is C14H10F3NO2. The van der Waals surface area contributed by atoms with E-state index in [1.165, 1.54) is 31.5 Å².